The quantitative estimate of drug-likeness (QED) is 0.694. The molecule has 1 fully saturated rings. The summed E-state index contributed by atoms with van der Waals surface area (Å²) in [6, 6.07) is 4.99. The summed E-state index contributed by atoms with van der Waals surface area (Å²) in [6.07, 6.45) is 1.11. The molecule has 146 valence electrons. The van der Waals surface area contributed by atoms with Crippen LogP contribution in [0.2, 0.25) is 10.0 Å². The van der Waals surface area contributed by atoms with Gasteiger partial charge in [-0.2, -0.15) is 0 Å². The molecular weight excluding hydrogens is 387 g/mol. The van der Waals surface area contributed by atoms with Crippen LogP contribution in [0.25, 0.3) is 5.57 Å². The van der Waals surface area contributed by atoms with Crippen LogP contribution in [0.15, 0.2) is 23.9 Å². The van der Waals surface area contributed by atoms with Crippen LogP contribution in [0.5, 0.6) is 0 Å². The third-order valence-electron chi connectivity index (χ3n) is 5.05. The molecule has 0 aliphatic carbocycles. The maximum absolute atomic E-state index is 13.2. The van der Waals surface area contributed by atoms with E-state index in [2.05, 4.69) is 13.8 Å². The normalized spacial score (nSPS) is 23.6. The Balaban J connectivity index is 2.09. The molecule has 2 heterocycles. The van der Waals surface area contributed by atoms with Crippen molar-refractivity contribution in [2.75, 3.05) is 33.4 Å². The standard InChI is InChI=1S/C20H24Cl2N2O3/c1-12-8-13(2)11-23(10-12)18-17(15-5-4-14(21)9-16(15)22)19(25)24(20(18)26)6-7-27-3/h4-5,9,12-13H,6-8,10-11H2,1-3H3. The van der Waals surface area contributed by atoms with Crippen LogP contribution in [0.4, 0.5) is 0 Å². The number of likely N-dealkylation sites (tertiary alicyclic amines) is 1. The highest BCUT2D eigenvalue weighted by molar-refractivity contribution is 6.41. The zero-order chi connectivity index (χ0) is 19.7. The molecule has 1 saturated heterocycles. The highest BCUT2D eigenvalue weighted by Gasteiger charge is 2.43. The van der Waals surface area contributed by atoms with Crippen molar-refractivity contribution in [1.82, 2.24) is 9.80 Å². The zero-order valence-electron chi connectivity index (χ0n) is 15.8. The first-order valence-corrected chi connectivity index (χ1v) is 9.88. The molecule has 3 rings (SSSR count). The molecule has 0 bridgehead atoms. The van der Waals surface area contributed by atoms with Gasteiger partial charge in [-0.15, -0.1) is 0 Å². The fourth-order valence-corrected chi connectivity index (χ4v) is 4.53. The minimum absolute atomic E-state index is 0.214. The molecule has 2 aliphatic heterocycles. The fourth-order valence-electron chi connectivity index (χ4n) is 4.02. The maximum Gasteiger partial charge on any atom is 0.277 e. The summed E-state index contributed by atoms with van der Waals surface area (Å²) in [5, 5.41) is 0.849. The Kier molecular flexibility index (Phi) is 6.14. The number of methoxy groups -OCH3 is 1. The predicted molar refractivity (Wildman–Crippen MR) is 106 cm³/mol. The molecule has 0 spiro atoms. The second-order valence-corrected chi connectivity index (χ2v) is 8.30. The van der Waals surface area contributed by atoms with E-state index >= 15 is 0 Å². The number of amides is 2. The van der Waals surface area contributed by atoms with Gasteiger partial charge in [0.15, 0.2) is 0 Å². The average Bonchev–Trinajstić information content (AvgIpc) is 2.83. The lowest BCUT2D eigenvalue weighted by atomic mass is 9.91. The van der Waals surface area contributed by atoms with Gasteiger partial charge < -0.3 is 9.64 Å². The monoisotopic (exact) mass is 410 g/mol. The highest BCUT2D eigenvalue weighted by atomic mass is 35.5. The van der Waals surface area contributed by atoms with E-state index in [0.717, 1.165) is 19.5 Å². The van der Waals surface area contributed by atoms with Gasteiger partial charge in [0.05, 0.1) is 23.7 Å². The van der Waals surface area contributed by atoms with Gasteiger partial charge in [-0.3, -0.25) is 14.5 Å². The summed E-state index contributed by atoms with van der Waals surface area (Å²) < 4.78 is 5.07. The van der Waals surface area contributed by atoms with Crippen LogP contribution in [0.1, 0.15) is 25.8 Å². The molecule has 2 aliphatic rings. The molecule has 7 heteroatoms. The van der Waals surface area contributed by atoms with Crippen molar-refractivity contribution in [2.45, 2.75) is 20.3 Å². The Hall–Kier alpha value is -1.56. The summed E-state index contributed by atoms with van der Waals surface area (Å²) in [7, 11) is 1.55. The molecule has 2 amide bonds. The Morgan fingerprint density at radius 2 is 1.78 bits per heavy atom. The van der Waals surface area contributed by atoms with Gasteiger partial charge in [0.2, 0.25) is 0 Å². The number of benzene rings is 1. The molecule has 2 unspecified atom stereocenters. The largest absolute Gasteiger partial charge is 0.383 e. The number of carbonyl (C=O) groups is 2. The van der Waals surface area contributed by atoms with E-state index < -0.39 is 0 Å². The van der Waals surface area contributed by atoms with E-state index in [1.54, 1.807) is 25.3 Å². The molecule has 2 atom stereocenters. The summed E-state index contributed by atoms with van der Waals surface area (Å²) in [5.74, 6) is 0.278. The first kappa shape index (κ1) is 20.2. The maximum atomic E-state index is 13.2. The SMILES string of the molecule is COCCN1C(=O)C(c2ccc(Cl)cc2Cl)=C(N2CC(C)CC(C)C2)C1=O. The summed E-state index contributed by atoms with van der Waals surface area (Å²) >= 11 is 12.4. The lowest BCUT2D eigenvalue weighted by molar-refractivity contribution is -0.138. The molecule has 0 saturated carbocycles. The topological polar surface area (TPSA) is 49.9 Å². The van der Waals surface area contributed by atoms with Crippen LogP contribution in [-0.4, -0.2) is 55.0 Å². The van der Waals surface area contributed by atoms with Gasteiger partial charge in [0.25, 0.3) is 11.8 Å². The number of hydrogen-bond acceptors (Lipinski definition) is 4. The number of hydrogen-bond donors (Lipinski definition) is 0. The molecule has 1 aromatic rings. The van der Waals surface area contributed by atoms with E-state index in [4.69, 9.17) is 27.9 Å². The minimum Gasteiger partial charge on any atom is -0.383 e. The van der Waals surface area contributed by atoms with Gasteiger partial charge in [0.1, 0.15) is 5.70 Å². The molecule has 0 radical (unpaired) electrons. The molecule has 0 N–H and O–H groups in total. The Labute approximate surface area is 169 Å². The predicted octanol–water partition coefficient (Wildman–Crippen LogP) is 3.70. The number of imide groups is 1. The van der Waals surface area contributed by atoms with E-state index in [0.29, 0.717) is 45.3 Å². The smallest absolute Gasteiger partial charge is 0.277 e. The number of piperidine rings is 1. The van der Waals surface area contributed by atoms with Gasteiger partial charge in [-0.1, -0.05) is 43.1 Å². The summed E-state index contributed by atoms with van der Waals surface area (Å²) in [4.78, 5) is 29.6. The van der Waals surface area contributed by atoms with Crippen LogP contribution >= 0.6 is 23.2 Å². The van der Waals surface area contributed by atoms with Crippen molar-refractivity contribution in [3.05, 3.63) is 39.5 Å². The molecule has 27 heavy (non-hydrogen) atoms. The highest BCUT2D eigenvalue weighted by Crippen LogP contribution is 2.38. The second-order valence-electron chi connectivity index (χ2n) is 7.45. The van der Waals surface area contributed by atoms with Crippen molar-refractivity contribution in [1.29, 1.82) is 0 Å². The van der Waals surface area contributed by atoms with Crippen LogP contribution in [-0.2, 0) is 14.3 Å². The fraction of sp³-hybridized carbons (Fsp3) is 0.500. The molecular formula is C20H24Cl2N2O3. The van der Waals surface area contributed by atoms with Gasteiger partial charge in [-0.25, -0.2) is 0 Å². The minimum atomic E-state index is -0.331. The van der Waals surface area contributed by atoms with Crippen molar-refractivity contribution in [3.63, 3.8) is 0 Å². The Morgan fingerprint density at radius 3 is 2.37 bits per heavy atom. The van der Waals surface area contributed by atoms with Crippen molar-refractivity contribution >= 4 is 40.6 Å². The third-order valence-corrected chi connectivity index (χ3v) is 5.60. The Bertz CT molecular complexity index is 783. The molecule has 1 aromatic carbocycles. The van der Waals surface area contributed by atoms with Crippen molar-refractivity contribution in [3.8, 4) is 0 Å². The first-order chi connectivity index (χ1) is 12.8. The van der Waals surface area contributed by atoms with Crippen LogP contribution < -0.4 is 0 Å². The number of carbonyl (C=O) groups excluding carboxylic acids is 2. The molecule has 0 aromatic heterocycles. The van der Waals surface area contributed by atoms with E-state index in [-0.39, 0.29) is 18.4 Å². The van der Waals surface area contributed by atoms with Crippen molar-refractivity contribution in [2.24, 2.45) is 11.8 Å². The molecule has 5 nitrogen and oxygen atoms in total. The van der Waals surface area contributed by atoms with E-state index in [1.165, 1.54) is 4.90 Å². The third kappa shape index (κ3) is 4.00. The van der Waals surface area contributed by atoms with Gasteiger partial charge in [0, 0.05) is 30.8 Å². The summed E-state index contributed by atoms with van der Waals surface area (Å²) in [6.45, 7) is 6.33. The lowest BCUT2D eigenvalue weighted by Crippen LogP contribution is -2.42. The van der Waals surface area contributed by atoms with E-state index in [1.807, 2.05) is 4.90 Å². The Morgan fingerprint density at radius 1 is 1.11 bits per heavy atom. The van der Waals surface area contributed by atoms with Gasteiger partial charge in [-0.05, 0) is 30.4 Å². The van der Waals surface area contributed by atoms with Crippen LogP contribution in [0.3, 0.4) is 0 Å². The average molecular weight is 411 g/mol. The number of halogens is 2. The second kappa shape index (κ2) is 8.21. The lowest BCUT2D eigenvalue weighted by Gasteiger charge is -2.37. The number of rotatable bonds is 5. The summed E-state index contributed by atoms with van der Waals surface area (Å²) in [5.41, 5.74) is 1.35. The first-order valence-electron chi connectivity index (χ1n) is 9.13. The number of ether oxygens (including phenoxy) is 1. The van der Waals surface area contributed by atoms with Crippen LogP contribution in [0, 0.1) is 11.8 Å². The van der Waals surface area contributed by atoms with Crippen molar-refractivity contribution < 1.29 is 14.3 Å². The van der Waals surface area contributed by atoms with Gasteiger partial charge >= 0.3 is 0 Å². The number of nitrogens with zero attached hydrogens (tertiary/aromatic N) is 2. The van der Waals surface area contributed by atoms with E-state index in [9.17, 15) is 9.59 Å². The zero-order valence-corrected chi connectivity index (χ0v) is 17.3.